The fraction of sp³-hybridized carbons (Fsp3) is 0.300. The topological polar surface area (TPSA) is 67.5 Å². The summed E-state index contributed by atoms with van der Waals surface area (Å²) in [5.41, 5.74) is 0. The van der Waals surface area contributed by atoms with Gasteiger partial charge in [-0.2, -0.15) is 0 Å². The first-order chi connectivity index (χ1) is 8.04. The second-order valence-corrected chi connectivity index (χ2v) is 7.71. The number of fused-ring (bicyclic) bond motifs is 1. The van der Waals surface area contributed by atoms with Gasteiger partial charge < -0.3 is 0 Å². The molecule has 5 nitrogen and oxygen atoms in total. The molecule has 0 bridgehead atoms. The van der Waals surface area contributed by atoms with Gasteiger partial charge in [-0.25, -0.2) is 0 Å². The van der Waals surface area contributed by atoms with E-state index < -0.39 is 10.4 Å². The number of rotatable bonds is 5. The van der Waals surface area contributed by atoms with Crippen molar-refractivity contribution in [3.63, 3.8) is 0 Å². The number of aryl methyl sites for hydroxylation is 1. The van der Waals surface area contributed by atoms with Gasteiger partial charge in [-0.15, -0.1) is 0 Å². The number of benzene rings is 1. The van der Waals surface area contributed by atoms with Gasteiger partial charge in [-0.1, -0.05) is 0 Å². The van der Waals surface area contributed by atoms with Gasteiger partial charge >= 0.3 is 110 Å². The van der Waals surface area contributed by atoms with Crippen LogP contribution in [0, 0.1) is 0 Å². The van der Waals surface area contributed by atoms with Crippen molar-refractivity contribution in [2.24, 2.45) is 0 Å². The van der Waals surface area contributed by atoms with E-state index in [0.717, 1.165) is 6.54 Å². The summed E-state index contributed by atoms with van der Waals surface area (Å²) in [5.74, 6) is 0. The third-order valence-corrected chi connectivity index (χ3v) is 5.75. The van der Waals surface area contributed by atoms with E-state index in [-0.39, 0.29) is 27.3 Å². The molecule has 0 saturated carbocycles. The van der Waals surface area contributed by atoms with E-state index in [4.69, 9.17) is 4.55 Å². The maximum absolute atomic E-state index is 10.3. The summed E-state index contributed by atoms with van der Waals surface area (Å²) in [5, 5.41) is 1.26. The van der Waals surface area contributed by atoms with Gasteiger partial charge in [0, 0.05) is 0 Å². The van der Waals surface area contributed by atoms with Crippen LogP contribution in [0.4, 0.5) is 0 Å². The van der Waals surface area contributed by atoms with Gasteiger partial charge in [0.15, 0.2) is 0 Å². The van der Waals surface area contributed by atoms with Crippen LogP contribution in [-0.4, -0.2) is 40.3 Å². The molecule has 1 aromatic heterocycles. The summed E-state index contributed by atoms with van der Waals surface area (Å²) in [6.45, 7) is 0.777. The molecule has 1 aromatic carbocycles. The van der Waals surface area contributed by atoms with Crippen molar-refractivity contribution in [1.82, 2.24) is 0 Å². The van der Waals surface area contributed by atoms with Gasteiger partial charge in [0.1, 0.15) is 0 Å². The molecule has 0 atom stereocenters. The molecule has 0 aliphatic heterocycles. The summed E-state index contributed by atoms with van der Waals surface area (Å²) in [7, 11) is -4.29. The Morgan fingerprint density at radius 1 is 1.35 bits per heavy atom. The molecular weight excluding hydrogens is 358 g/mol. The Morgan fingerprint density at radius 2 is 2.12 bits per heavy atom. The molecule has 0 aliphatic rings. The van der Waals surface area contributed by atoms with Gasteiger partial charge in [0.05, 0.1) is 0 Å². The first-order valence-corrected chi connectivity index (χ1v) is 8.62. The average molecular weight is 370 g/mol. The second-order valence-electron chi connectivity index (χ2n) is 3.50. The normalized spacial score (nSPS) is 12.1. The Morgan fingerprint density at radius 3 is 2.82 bits per heavy atom. The van der Waals surface area contributed by atoms with Crippen molar-refractivity contribution in [1.29, 1.82) is 0 Å². The Balaban J connectivity index is 1.91. The van der Waals surface area contributed by atoms with E-state index in [1.165, 1.54) is 8.79 Å². The van der Waals surface area contributed by atoms with Crippen molar-refractivity contribution in [2.45, 2.75) is 13.0 Å². The minimum absolute atomic E-state index is 0.0203. The van der Waals surface area contributed by atoms with Crippen LogP contribution in [-0.2, 0) is 21.1 Å². The molecule has 1 N–H and O–H groups in total. The van der Waals surface area contributed by atoms with E-state index in [1.54, 1.807) is 0 Å². The molecule has 2 rings (SSSR count). The molecule has 7 heteroatoms. The van der Waals surface area contributed by atoms with Crippen LogP contribution >= 0.6 is 0 Å². The number of aromatic nitrogens is 1. The molecule has 0 unspecified atom stereocenters. The summed E-state index contributed by atoms with van der Waals surface area (Å²) in [6.07, 6.45) is 2.68. The van der Waals surface area contributed by atoms with Crippen LogP contribution < -0.4 is 2.79 Å². The fourth-order valence-corrected chi connectivity index (χ4v) is 4.67. The van der Waals surface area contributed by atoms with Crippen molar-refractivity contribution in [3.8, 4) is 0 Å². The second kappa shape index (κ2) is 5.46. The Labute approximate surface area is 110 Å². The summed E-state index contributed by atoms with van der Waals surface area (Å²) in [4.78, 5) is 0. The van der Waals surface area contributed by atoms with Gasteiger partial charge in [0.25, 0.3) is 0 Å². The average Bonchev–Trinajstić information content (AvgIpc) is 2.65. The van der Waals surface area contributed by atoms with Crippen LogP contribution in [0.3, 0.4) is 0 Å². The quantitative estimate of drug-likeness (QED) is 0.470. The summed E-state index contributed by atoms with van der Waals surface area (Å²) < 4.78 is 36.9. The summed E-state index contributed by atoms with van der Waals surface area (Å²) >= 11 is -0.364. The predicted octanol–water partition coefficient (Wildman–Crippen LogP) is 0.394. The third kappa shape index (κ3) is 4.05. The molecule has 1 heterocycles. The predicted molar refractivity (Wildman–Crippen MR) is 63.2 cm³/mol. The van der Waals surface area contributed by atoms with Crippen molar-refractivity contribution >= 4 is 39.9 Å². The number of nitrogens with zero attached hydrogens (tertiary/aromatic N) is 1. The number of hydrogen-bond donors (Lipinski definition) is 1. The molecule has 0 saturated heterocycles. The van der Waals surface area contributed by atoms with Crippen LogP contribution in [0.1, 0.15) is 6.42 Å². The standard InChI is InChI=1S/C10H11NO4STe/c12-16(13,14)15-7-3-6-11-8-9-4-1-2-5-10(9)17-11/h1-2,4-5,8H,3,6-7H2/p+1. The molecular formula is C10H12NO4STe+. The monoisotopic (exact) mass is 372 g/mol. The van der Waals surface area contributed by atoms with Gasteiger partial charge in [-0.3, -0.25) is 0 Å². The zero-order valence-electron chi connectivity index (χ0n) is 8.94. The maximum atomic E-state index is 10.3. The zero-order chi connectivity index (χ0) is 12.3. The van der Waals surface area contributed by atoms with E-state index in [2.05, 4.69) is 25.3 Å². The van der Waals surface area contributed by atoms with E-state index in [1.807, 2.05) is 12.1 Å². The first-order valence-electron chi connectivity index (χ1n) is 5.05. The minimum atomic E-state index is -4.29. The van der Waals surface area contributed by atoms with Crippen LogP contribution in [0.15, 0.2) is 30.5 Å². The molecule has 0 aliphatic carbocycles. The van der Waals surface area contributed by atoms with Crippen LogP contribution in [0.2, 0.25) is 0 Å². The fourth-order valence-electron chi connectivity index (χ4n) is 1.47. The van der Waals surface area contributed by atoms with Crippen molar-refractivity contribution in [3.05, 3.63) is 30.5 Å². The molecule has 2 aromatic rings. The molecule has 0 spiro atoms. The summed E-state index contributed by atoms with van der Waals surface area (Å²) in [6, 6.07) is 8.24. The molecule has 0 fully saturated rings. The Hall–Kier alpha value is -0.450. The van der Waals surface area contributed by atoms with Crippen molar-refractivity contribution in [2.75, 3.05) is 6.61 Å². The molecule has 92 valence electrons. The van der Waals surface area contributed by atoms with E-state index in [9.17, 15) is 8.42 Å². The molecule has 17 heavy (non-hydrogen) atoms. The SMILES string of the molecule is O=S(=O)(O)OCCC[n+]1cc2ccccc2[te]1. The van der Waals surface area contributed by atoms with Gasteiger partial charge in [0.2, 0.25) is 0 Å². The van der Waals surface area contributed by atoms with E-state index in [0.29, 0.717) is 6.42 Å². The van der Waals surface area contributed by atoms with Gasteiger partial charge in [-0.05, 0) is 0 Å². The van der Waals surface area contributed by atoms with Crippen molar-refractivity contribution < 1.29 is 19.9 Å². The zero-order valence-corrected chi connectivity index (χ0v) is 12.1. The van der Waals surface area contributed by atoms with Crippen LogP contribution in [0.25, 0.3) is 8.79 Å². The Bertz CT molecular complexity index is 575. The number of hydrogen-bond acceptors (Lipinski definition) is 3. The first kappa shape index (κ1) is 13.0. The Kier molecular flexibility index (Phi) is 4.17. The van der Waals surface area contributed by atoms with E-state index >= 15 is 0 Å². The molecule has 0 radical (unpaired) electrons. The third-order valence-electron chi connectivity index (χ3n) is 2.17. The molecule has 0 amide bonds. The van der Waals surface area contributed by atoms with Crippen LogP contribution in [0.5, 0.6) is 0 Å².